The van der Waals surface area contributed by atoms with Crippen molar-refractivity contribution >= 4 is 5.91 Å². The molecule has 0 aliphatic heterocycles. The Labute approximate surface area is 103 Å². The number of nitrogens with two attached hydrogens (primary N) is 1. The highest BCUT2D eigenvalue weighted by Gasteiger charge is 2.23. The Morgan fingerprint density at radius 3 is 2.47 bits per heavy atom. The normalized spacial score (nSPS) is 12.2. The molecular weight excluding hydrogens is 212 g/mol. The van der Waals surface area contributed by atoms with Crippen molar-refractivity contribution in [3.8, 4) is 0 Å². The van der Waals surface area contributed by atoms with Crippen LogP contribution < -0.4 is 5.73 Å². The van der Waals surface area contributed by atoms with Crippen LogP contribution in [-0.4, -0.2) is 23.4 Å². The van der Waals surface area contributed by atoms with Crippen molar-refractivity contribution in [2.24, 2.45) is 5.73 Å². The van der Waals surface area contributed by atoms with Gasteiger partial charge in [0.1, 0.15) is 6.04 Å². The van der Waals surface area contributed by atoms with Gasteiger partial charge < -0.3 is 10.6 Å². The maximum absolute atomic E-state index is 12.2. The van der Waals surface area contributed by atoms with Gasteiger partial charge in [-0.1, -0.05) is 36.4 Å². The Morgan fingerprint density at radius 1 is 1.41 bits per heavy atom. The number of hydrogen-bond donors (Lipinski definition) is 1. The summed E-state index contributed by atoms with van der Waals surface area (Å²) in [7, 11) is 0. The first-order valence-corrected chi connectivity index (χ1v) is 5.79. The third kappa shape index (κ3) is 3.43. The number of benzene rings is 1. The minimum atomic E-state index is -0.599. The minimum absolute atomic E-state index is 0.0638. The number of carbonyl (C=O) groups is 1. The van der Waals surface area contributed by atoms with Gasteiger partial charge in [0.25, 0.3) is 0 Å². The first-order valence-electron chi connectivity index (χ1n) is 5.79. The molecule has 1 aromatic rings. The van der Waals surface area contributed by atoms with Crippen molar-refractivity contribution in [2.45, 2.75) is 25.9 Å². The highest BCUT2D eigenvalue weighted by atomic mass is 16.2. The van der Waals surface area contributed by atoms with Crippen molar-refractivity contribution in [1.82, 2.24) is 4.90 Å². The second-order valence-corrected chi connectivity index (χ2v) is 4.26. The molecule has 0 spiro atoms. The van der Waals surface area contributed by atoms with Crippen LogP contribution in [0.15, 0.2) is 43.0 Å². The highest BCUT2D eigenvalue weighted by molar-refractivity contribution is 5.83. The molecule has 1 atom stereocenters. The molecule has 0 aliphatic carbocycles. The average molecular weight is 232 g/mol. The molecule has 0 aromatic heterocycles. The third-order valence-corrected chi connectivity index (χ3v) is 2.66. The number of hydrogen-bond acceptors (Lipinski definition) is 2. The fourth-order valence-electron chi connectivity index (χ4n) is 1.68. The molecule has 2 N–H and O–H groups in total. The lowest BCUT2D eigenvalue weighted by atomic mass is 10.1. The zero-order valence-electron chi connectivity index (χ0n) is 10.5. The second kappa shape index (κ2) is 6.21. The van der Waals surface area contributed by atoms with Crippen LogP contribution in [0.2, 0.25) is 0 Å². The number of amides is 1. The van der Waals surface area contributed by atoms with Crippen LogP contribution in [-0.2, 0) is 4.79 Å². The van der Waals surface area contributed by atoms with E-state index in [4.69, 9.17) is 5.73 Å². The Hall–Kier alpha value is -1.61. The average Bonchev–Trinajstić information content (AvgIpc) is 2.35. The first kappa shape index (κ1) is 13.5. The maximum atomic E-state index is 12.2. The lowest BCUT2D eigenvalue weighted by Crippen LogP contribution is -2.42. The summed E-state index contributed by atoms with van der Waals surface area (Å²) >= 11 is 0. The summed E-state index contributed by atoms with van der Waals surface area (Å²) in [6.07, 6.45) is 1.72. The number of rotatable bonds is 5. The van der Waals surface area contributed by atoms with Crippen LogP contribution in [0, 0.1) is 0 Å². The van der Waals surface area contributed by atoms with Crippen molar-refractivity contribution in [1.29, 1.82) is 0 Å². The molecule has 0 aliphatic rings. The first-order chi connectivity index (χ1) is 8.07. The monoisotopic (exact) mass is 232 g/mol. The van der Waals surface area contributed by atoms with Crippen molar-refractivity contribution in [3.05, 3.63) is 48.6 Å². The molecule has 1 amide bonds. The van der Waals surface area contributed by atoms with E-state index in [0.29, 0.717) is 6.54 Å². The van der Waals surface area contributed by atoms with E-state index in [-0.39, 0.29) is 11.9 Å². The predicted molar refractivity (Wildman–Crippen MR) is 70.4 cm³/mol. The highest BCUT2D eigenvalue weighted by Crippen LogP contribution is 2.14. The lowest BCUT2D eigenvalue weighted by molar-refractivity contribution is -0.133. The van der Waals surface area contributed by atoms with E-state index in [1.54, 1.807) is 11.0 Å². The van der Waals surface area contributed by atoms with Crippen LogP contribution in [0.5, 0.6) is 0 Å². The molecule has 0 fully saturated rings. The van der Waals surface area contributed by atoms with Gasteiger partial charge in [0, 0.05) is 12.6 Å². The van der Waals surface area contributed by atoms with Gasteiger partial charge in [0.05, 0.1) is 0 Å². The molecule has 3 heteroatoms. The van der Waals surface area contributed by atoms with Crippen LogP contribution in [0.4, 0.5) is 0 Å². The maximum Gasteiger partial charge on any atom is 0.244 e. The van der Waals surface area contributed by atoms with Crippen LogP contribution in [0.25, 0.3) is 0 Å². The minimum Gasteiger partial charge on any atom is -0.335 e. The summed E-state index contributed by atoms with van der Waals surface area (Å²) in [5.41, 5.74) is 6.82. The zero-order valence-corrected chi connectivity index (χ0v) is 10.5. The molecule has 3 nitrogen and oxygen atoms in total. The van der Waals surface area contributed by atoms with Gasteiger partial charge in [-0.05, 0) is 19.4 Å². The van der Waals surface area contributed by atoms with Gasteiger partial charge in [0.2, 0.25) is 5.91 Å². The van der Waals surface area contributed by atoms with Crippen molar-refractivity contribution in [3.63, 3.8) is 0 Å². The van der Waals surface area contributed by atoms with Gasteiger partial charge in [-0.2, -0.15) is 0 Å². The van der Waals surface area contributed by atoms with Crippen molar-refractivity contribution < 1.29 is 4.79 Å². The summed E-state index contributed by atoms with van der Waals surface area (Å²) in [4.78, 5) is 14.0. The fourth-order valence-corrected chi connectivity index (χ4v) is 1.68. The smallest absolute Gasteiger partial charge is 0.244 e. The van der Waals surface area contributed by atoms with E-state index in [9.17, 15) is 4.79 Å². The topological polar surface area (TPSA) is 46.3 Å². The fraction of sp³-hybridized carbons (Fsp3) is 0.357. The van der Waals surface area contributed by atoms with Crippen LogP contribution in [0.1, 0.15) is 25.5 Å². The molecule has 1 unspecified atom stereocenters. The van der Waals surface area contributed by atoms with E-state index < -0.39 is 6.04 Å². The molecule has 92 valence electrons. The largest absolute Gasteiger partial charge is 0.335 e. The number of carbonyl (C=O) groups excluding carboxylic acids is 1. The SMILES string of the molecule is C=CCN(C(=O)C(N)c1ccccc1)C(C)C. The Kier molecular flexibility index (Phi) is 4.91. The molecule has 0 bridgehead atoms. The van der Waals surface area contributed by atoms with Crippen LogP contribution in [0.3, 0.4) is 0 Å². The third-order valence-electron chi connectivity index (χ3n) is 2.66. The van der Waals surface area contributed by atoms with Gasteiger partial charge in [-0.25, -0.2) is 0 Å². The number of nitrogens with zero attached hydrogens (tertiary/aromatic N) is 1. The predicted octanol–water partition coefficient (Wildman–Crippen LogP) is 2.11. The summed E-state index contributed by atoms with van der Waals surface area (Å²) in [5, 5.41) is 0. The van der Waals surface area contributed by atoms with Crippen LogP contribution >= 0.6 is 0 Å². The van der Waals surface area contributed by atoms with E-state index in [1.807, 2.05) is 44.2 Å². The lowest BCUT2D eigenvalue weighted by Gasteiger charge is -2.28. The Morgan fingerprint density at radius 2 is 2.00 bits per heavy atom. The Bertz CT molecular complexity index is 373. The van der Waals surface area contributed by atoms with Gasteiger partial charge in [-0.3, -0.25) is 4.79 Å². The van der Waals surface area contributed by atoms with Gasteiger partial charge in [-0.15, -0.1) is 6.58 Å². The molecule has 0 radical (unpaired) electrons. The van der Waals surface area contributed by atoms with Gasteiger partial charge >= 0.3 is 0 Å². The zero-order chi connectivity index (χ0) is 12.8. The standard InChI is InChI=1S/C14H20N2O/c1-4-10-16(11(2)3)14(17)13(15)12-8-6-5-7-9-12/h4-9,11,13H,1,10,15H2,2-3H3. The molecule has 17 heavy (non-hydrogen) atoms. The molecule has 1 rings (SSSR count). The van der Waals surface area contributed by atoms with E-state index in [1.165, 1.54) is 0 Å². The Balaban J connectivity index is 2.84. The summed E-state index contributed by atoms with van der Waals surface area (Å²) in [6, 6.07) is 8.94. The molecule has 0 saturated heterocycles. The van der Waals surface area contributed by atoms with E-state index in [0.717, 1.165) is 5.56 Å². The van der Waals surface area contributed by atoms with E-state index >= 15 is 0 Å². The molecule has 1 aromatic carbocycles. The quantitative estimate of drug-likeness (QED) is 0.790. The van der Waals surface area contributed by atoms with Crippen molar-refractivity contribution in [2.75, 3.05) is 6.54 Å². The summed E-state index contributed by atoms with van der Waals surface area (Å²) in [6.45, 7) is 8.13. The second-order valence-electron chi connectivity index (χ2n) is 4.26. The molecular formula is C14H20N2O. The summed E-state index contributed by atoms with van der Waals surface area (Å²) < 4.78 is 0. The van der Waals surface area contributed by atoms with E-state index in [2.05, 4.69) is 6.58 Å². The van der Waals surface area contributed by atoms with Gasteiger partial charge in [0.15, 0.2) is 0 Å². The summed E-state index contributed by atoms with van der Waals surface area (Å²) in [5.74, 6) is -0.0638. The molecule has 0 heterocycles. The molecule has 0 saturated carbocycles.